The Morgan fingerprint density at radius 3 is 2.27 bits per heavy atom. The van der Waals surface area contributed by atoms with E-state index in [0.29, 0.717) is 36.9 Å². The third-order valence-electron chi connectivity index (χ3n) is 4.45. The van der Waals surface area contributed by atoms with Crippen LogP contribution < -0.4 is 25.1 Å². The third kappa shape index (κ3) is 7.53. The maximum absolute atomic E-state index is 13.0. The number of halogens is 1. The van der Waals surface area contributed by atoms with E-state index >= 15 is 0 Å². The first-order valence-corrected chi connectivity index (χ1v) is 10.5. The Labute approximate surface area is 191 Å². The number of hydrazine groups is 1. The summed E-state index contributed by atoms with van der Waals surface area (Å²) in [5.74, 6) is 0.307. The normalized spacial score (nSPS) is 10.2. The SMILES string of the molecule is CCOc1cc(C(=O)NNC(=O)Cc2ccc(F)cc2)ccc1OCCOc1ccccc1. The lowest BCUT2D eigenvalue weighted by Crippen LogP contribution is -2.42. The predicted molar refractivity (Wildman–Crippen MR) is 121 cm³/mol. The lowest BCUT2D eigenvalue weighted by Gasteiger charge is -2.14. The smallest absolute Gasteiger partial charge is 0.269 e. The number of rotatable bonds is 10. The molecule has 0 radical (unpaired) electrons. The van der Waals surface area contributed by atoms with Gasteiger partial charge in [0.25, 0.3) is 5.91 Å². The van der Waals surface area contributed by atoms with E-state index < -0.39 is 11.8 Å². The molecule has 3 aromatic carbocycles. The van der Waals surface area contributed by atoms with Gasteiger partial charge in [-0.1, -0.05) is 30.3 Å². The molecule has 0 aliphatic carbocycles. The molecular weight excluding hydrogens is 427 g/mol. The first-order chi connectivity index (χ1) is 16.0. The van der Waals surface area contributed by atoms with Gasteiger partial charge in [0.1, 0.15) is 24.8 Å². The van der Waals surface area contributed by atoms with Gasteiger partial charge in [0.2, 0.25) is 5.91 Å². The number of benzene rings is 3. The third-order valence-corrected chi connectivity index (χ3v) is 4.45. The molecule has 3 aromatic rings. The molecule has 0 heterocycles. The van der Waals surface area contributed by atoms with E-state index in [1.165, 1.54) is 24.3 Å². The average Bonchev–Trinajstić information content (AvgIpc) is 2.83. The second-order valence-electron chi connectivity index (χ2n) is 6.91. The van der Waals surface area contributed by atoms with Gasteiger partial charge in [-0.3, -0.25) is 20.4 Å². The van der Waals surface area contributed by atoms with Crippen LogP contribution in [0, 0.1) is 5.82 Å². The van der Waals surface area contributed by atoms with Crippen molar-refractivity contribution in [1.82, 2.24) is 10.9 Å². The molecule has 0 atom stereocenters. The van der Waals surface area contributed by atoms with E-state index in [-0.39, 0.29) is 17.8 Å². The van der Waals surface area contributed by atoms with Gasteiger partial charge in [-0.25, -0.2) is 4.39 Å². The van der Waals surface area contributed by atoms with Crippen molar-refractivity contribution >= 4 is 11.8 Å². The zero-order valence-electron chi connectivity index (χ0n) is 18.2. The molecule has 0 unspecified atom stereocenters. The highest BCUT2D eigenvalue weighted by Gasteiger charge is 2.13. The molecule has 0 aliphatic rings. The summed E-state index contributed by atoms with van der Waals surface area (Å²) in [5, 5.41) is 0. The first kappa shape index (κ1) is 23.6. The Balaban J connectivity index is 1.51. The predicted octanol–water partition coefficient (Wildman–Crippen LogP) is 3.69. The summed E-state index contributed by atoms with van der Waals surface area (Å²) in [5.41, 5.74) is 5.62. The number of hydrogen-bond donors (Lipinski definition) is 2. The summed E-state index contributed by atoms with van der Waals surface area (Å²) in [6, 6.07) is 19.7. The first-order valence-electron chi connectivity index (χ1n) is 10.5. The van der Waals surface area contributed by atoms with Crippen LogP contribution >= 0.6 is 0 Å². The van der Waals surface area contributed by atoms with Crippen LogP contribution in [-0.2, 0) is 11.2 Å². The second-order valence-corrected chi connectivity index (χ2v) is 6.91. The largest absolute Gasteiger partial charge is 0.490 e. The minimum absolute atomic E-state index is 0.00257. The zero-order valence-corrected chi connectivity index (χ0v) is 18.2. The Morgan fingerprint density at radius 1 is 0.818 bits per heavy atom. The van der Waals surface area contributed by atoms with Crippen molar-refractivity contribution in [2.45, 2.75) is 13.3 Å². The zero-order chi connectivity index (χ0) is 23.5. The fourth-order valence-corrected chi connectivity index (χ4v) is 2.90. The van der Waals surface area contributed by atoms with Gasteiger partial charge in [0, 0.05) is 5.56 Å². The molecule has 7 nitrogen and oxygen atoms in total. The standard InChI is InChI=1S/C25H25FN2O5/c1-2-31-23-17-19(10-13-22(23)33-15-14-32-21-6-4-3-5-7-21)25(30)28-27-24(29)16-18-8-11-20(26)12-9-18/h3-13,17H,2,14-16H2,1H3,(H,27,29)(H,28,30). The molecule has 3 rings (SSSR count). The molecule has 0 bridgehead atoms. The maximum Gasteiger partial charge on any atom is 0.269 e. The van der Waals surface area contributed by atoms with E-state index in [1.54, 1.807) is 18.2 Å². The van der Waals surface area contributed by atoms with Gasteiger partial charge in [-0.05, 0) is 55.0 Å². The van der Waals surface area contributed by atoms with Crippen molar-refractivity contribution in [2.75, 3.05) is 19.8 Å². The van der Waals surface area contributed by atoms with Crippen LogP contribution in [0.1, 0.15) is 22.8 Å². The van der Waals surface area contributed by atoms with Gasteiger partial charge >= 0.3 is 0 Å². The highest BCUT2D eigenvalue weighted by Crippen LogP contribution is 2.28. The maximum atomic E-state index is 13.0. The second kappa shape index (κ2) is 12.1. The monoisotopic (exact) mass is 452 g/mol. The molecule has 0 spiro atoms. The van der Waals surface area contributed by atoms with E-state index in [1.807, 2.05) is 37.3 Å². The topological polar surface area (TPSA) is 85.9 Å². The fraction of sp³-hybridized carbons (Fsp3) is 0.200. The van der Waals surface area contributed by atoms with Gasteiger partial charge < -0.3 is 14.2 Å². The van der Waals surface area contributed by atoms with Crippen LogP contribution in [-0.4, -0.2) is 31.6 Å². The fourth-order valence-electron chi connectivity index (χ4n) is 2.90. The quantitative estimate of drug-likeness (QED) is 0.362. The average molecular weight is 452 g/mol. The van der Waals surface area contributed by atoms with Crippen LogP contribution in [0.2, 0.25) is 0 Å². The minimum atomic E-state index is -0.512. The molecule has 172 valence electrons. The minimum Gasteiger partial charge on any atom is -0.490 e. The van der Waals surface area contributed by atoms with Gasteiger partial charge in [0.05, 0.1) is 13.0 Å². The van der Waals surface area contributed by atoms with Crippen molar-refractivity contribution in [1.29, 1.82) is 0 Å². The van der Waals surface area contributed by atoms with Crippen LogP contribution in [0.15, 0.2) is 72.8 Å². The number of carbonyl (C=O) groups excluding carboxylic acids is 2. The van der Waals surface area contributed by atoms with Crippen LogP contribution in [0.3, 0.4) is 0 Å². The molecule has 2 amide bonds. The van der Waals surface area contributed by atoms with Gasteiger partial charge in [-0.15, -0.1) is 0 Å². The molecule has 0 aromatic heterocycles. The number of para-hydroxylation sites is 1. The van der Waals surface area contributed by atoms with Crippen LogP contribution in [0.25, 0.3) is 0 Å². The van der Waals surface area contributed by atoms with Crippen molar-refractivity contribution in [3.8, 4) is 17.2 Å². The number of nitrogens with one attached hydrogen (secondary N) is 2. The molecule has 33 heavy (non-hydrogen) atoms. The summed E-state index contributed by atoms with van der Waals surface area (Å²) < 4.78 is 29.9. The summed E-state index contributed by atoms with van der Waals surface area (Å²) in [4.78, 5) is 24.5. The Kier molecular flexibility index (Phi) is 8.64. The van der Waals surface area contributed by atoms with Crippen molar-refractivity contribution in [3.05, 3.63) is 89.7 Å². The molecule has 0 aliphatic heterocycles. The number of amides is 2. The van der Waals surface area contributed by atoms with Gasteiger partial charge in [-0.2, -0.15) is 0 Å². The Hall–Kier alpha value is -4.07. The Bertz CT molecular complexity index is 1060. The van der Waals surface area contributed by atoms with E-state index in [2.05, 4.69) is 10.9 Å². The molecule has 2 N–H and O–H groups in total. The summed E-state index contributed by atoms with van der Waals surface area (Å²) >= 11 is 0. The number of ether oxygens (including phenoxy) is 3. The van der Waals surface area contributed by atoms with E-state index in [9.17, 15) is 14.0 Å². The van der Waals surface area contributed by atoms with Crippen LogP contribution in [0.4, 0.5) is 4.39 Å². The van der Waals surface area contributed by atoms with E-state index in [4.69, 9.17) is 14.2 Å². The molecule has 0 fully saturated rings. The highest BCUT2D eigenvalue weighted by atomic mass is 19.1. The Morgan fingerprint density at radius 2 is 1.55 bits per heavy atom. The van der Waals surface area contributed by atoms with Crippen LogP contribution in [0.5, 0.6) is 17.2 Å². The lowest BCUT2D eigenvalue weighted by molar-refractivity contribution is -0.121. The number of carbonyl (C=O) groups is 2. The molecule has 0 saturated carbocycles. The summed E-state index contributed by atoms with van der Waals surface area (Å²) in [6.45, 7) is 2.85. The highest BCUT2D eigenvalue weighted by molar-refractivity contribution is 5.96. The number of hydrogen-bond acceptors (Lipinski definition) is 5. The van der Waals surface area contributed by atoms with Crippen molar-refractivity contribution in [3.63, 3.8) is 0 Å². The summed E-state index contributed by atoms with van der Waals surface area (Å²) in [7, 11) is 0. The van der Waals surface area contributed by atoms with Crippen molar-refractivity contribution in [2.24, 2.45) is 0 Å². The lowest BCUT2D eigenvalue weighted by atomic mass is 10.1. The summed E-state index contributed by atoms with van der Waals surface area (Å²) in [6.07, 6.45) is 0.00257. The van der Waals surface area contributed by atoms with E-state index in [0.717, 1.165) is 5.75 Å². The van der Waals surface area contributed by atoms with Gasteiger partial charge in [0.15, 0.2) is 11.5 Å². The van der Waals surface area contributed by atoms with Crippen molar-refractivity contribution < 1.29 is 28.2 Å². The molecule has 0 saturated heterocycles. The molecular formula is C25H25FN2O5. The molecule has 8 heteroatoms.